The number of nitrogens with zero attached hydrogens (tertiary/aromatic N) is 4. The lowest BCUT2D eigenvalue weighted by Gasteiger charge is -2.16. The second kappa shape index (κ2) is 10.1. The van der Waals surface area contributed by atoms with Gasteiger partial charge < -0.3 is 21.1 Å². The molecular formula is C25H27N7O2. The molecule has 4 N–H and O–H groups in total. The summed E-state index contributed by atoms with van der Waals surface area (Å²) in [4.78, 5) is 29.7. The Morgan fingerprint density at radius 3 is 2.76 bits per heavy atom. The van der Waals surface area contributed by atoms with Crippen LogP contribution in [0.4, 0.5) is 11.5 Å². The molecule has 1 unspecified atom stereocenters. The van der Waals surface area contributed by atoms with Gasteiger partial charge in [-0.05, 0) is 30.0 Å². The topological polar surface area (TPSA) is 128 Å². The van der Waals surface area contributed by atoms with Gasteiger partial charge in [0.15, 0.2) is 0 Å². The maximum absolute atomic E-state index is 12.2. The van der Waals surface area contributed by atoms with Crippen LogP contribution in [0.25, 0.3) is 22.2 Å². The molecule has 0 aliphatic carbocycles. The zero-order valence-corrected chi connectivity index (χ0v) is 19.4. The summed E-state index contributed by atoms with van der Waals surface area (Å²) in [6.07, 6.45) is 5.71. The second-order valence-corrected chi connectivity index (χ2v) is 7.91. The maximum Gasteiger partial charge on any atom is 0.251 e. The fraction of sp³-hybridized carbons (Fsp3) is 0.240. The molecule has 1 amide bonds. The number of ether oxygens (including phenoxy) is 1. The molecule has 0 bridgehead atoms. The third kappa shape index (κ3) is 4.73. The van der Waals surface area contributed by atoms with Gasteiger partial charge in [0.25, 0.3) is 5.91 Å². The predicted molar refractivity (Wildman–Crippen MR) is 133 cm³/mol. The first-order valence-electron chi connectivity index (χ1n) is 11.0. The van der Waals surface area contributed by atoms with Crippen LogP contribution in [0.15, 0.2) is 55.1 Å². The summed E-state index contributed by atoms with van der Waals surface area (Å²) < 4.78 is 5.12. The number of pyridine rings is 2. The molecule has 3 heterocycles. The highest BCUT2D eigenvalue weighted by molar-refractivity contribution is 6.06. The highest BCUT2D eigenvalue weighted by Crippen LogP contribution is 2.29. The van der Waals surface area contributed by atoms with Crippen molar-refractivity contribution in [2.75, 3.05) is 31.8 Å². The van der Waals surface area contributed by atoms with Gasteiger partial charge in [-0.1, -0.05) is 25.1 Å². The minimum Gasteiger partial charge on any atom is -0.480 e. The van der Waals surface area contributed by atoms with E-state index in [1.807, 2.05) is 18.2 Å². The third-order valence-electron chi connectivity index (χ3n) is 5.72. The first-order chi connectivity index (χ1) is 16.5. The molecule has 4 aromatic rings. The monoisotopic (exact) mass is 457 g/mol. The Kier molecular flexibility index (Phi) is 6.82. The number of nitrogens with two attached hydrogens (primary N) is 1. The highest BCUT2D eigenvalue weighted by Gasteiger charge is 2.15. The van der Waals surface area contributed by atoms with Crippen LogP contribution in [0.3, 0.4) is 0 Å². The average Bonchev–Trinajstić information content (AvgIpc) is 2.87. The minimum absolute atomic E-state index is 0.118. The number of rotatable bonds is 8. The number of carbonyl (C=O) groups is 1. The van der Waals surface area contributed by atoms with Crippen LogP contribution in [-0.4, -0.2) is 46.5 Å². The lowest BCUT2D eigenvalue weighted by molar-refractivity contribution is 0.0964. The van der Waals surface area contributed by atoms with Gasteiger partial charge in [0.2, 0.25) is 5.88 Å². The normalized spacial score (nSPS) is 11.7. The summed E-state index contributed by atoms with van der Waals surface area (Å²) in [5.41, 5.74) is 10.5. The van der Waals surface area contributed by atoms with Gasteiger partial charge in [0, 0.05) is 43.0 Å². The van der Waals surface area contributed by atoms with E-state index in [1.165, 1.54) is 13.4 Å². The summed E-state index contributed by atoms with van der Waals surface area (Å²) >= 11 is 0. The molecule has 9 nitrogen and oxygen atoms in total. The number of hydrogen-bond acceptors (Lipinski definition) is 8. The fourth-order valence-corrected chi connectivity index (χ4v) is 3.89. The molecule has 0 aliphatic rings. The van der Waals surface area contributed by atoms with E-state index in [0.29, 0.717) is 35.2 Å². The molecule has 174 valence electrons. The van der Waals surface area contributed by atoms with Crippen molar-refractivity contribution in [3.63, 3.8) is 0 Å². The van der Waals surface area contributed by atoms with E-state index in [1.54, 1.807) is 31.6 Å². The highest BCUT2D eigenvalue weighted by atomic mass is 16.5. The van der Waals surface area contributed by atoms with E-state index >= 15 is 0 Å². The zero-order valence-electron chi connectivity index (χ0n) is 19.4. The smallest absolute Gasteiger partial charge is 0.251 e. The molecule has 0 saturated heterocycles. The molecule has 0 radical (unpaired) electrons. The van der Waals surface area contributed by atoms with Gasteiger partial charge in [-0.25, -0.2) is 15.0 Å². The Morgan fingerprint density at radius 1 is 1.15 bits per heavy atom. The Morgan fingerprint density at radius 2 is 2.00 bits per heavy atom. The quantitative estimate of drug-likeness (QED) is 0.366. The number of fused-ring (bicyclic) bond motifs is 1. The standard InChI is InChI=1S/C25H27N7O2/c1-15(17-5-4-6-18-19(24(33)27-2)8-10-29-23(17)18)7-9-28-22-12-21(31-14-32-22)16-11-20(26)25(34-3)30-13-16/h4-6,8,10-15H,7,9,26H2,1-3H3,(H,27,33)(H,28,31,32). The number of carbonyl (C=O) groups excluding carboxylic acids is 1. The van der Waals surface area contributed by atoms with Gasteiger partial charge in [-0.3, -0.25) is 9.78 Å². The summed E-state index contributed by atoms with van der Waals surface area (Å²) in [6, 6.07) is 11.4. The van der Waals surface area contributed by atoms with E-state index in [-0.39, 0.29) is 11.8 Å². The Labute approximate surface area is 197 Å². The van der Waals surface area contributed by atoms with Crippen molar-refractivity contribution in [1.29, 1.82) is 0 Å². The van der Waals surface area contributed by atoms with Crippen LogP contribution in [0.2, 0.25) is 0 Å². The molecule has 3 aromatic heterocycles. The predicted octanol–water partition coefficient (Wildman–Crippen LogP) is 3.64. The van der Waals surface area contributed by atoms with Crippen molar-refractivity contribution in [3.8, 4) is 17.1 Å². The van der Waals surface area contributed by atoms with E-state index < -0.39 is 0 Å². The molecule has 1 aromatic carbocycles. The van der Waals surface area contributed by atoms with Crippen LogP contribution in [0.5, 0.6) is 5.88 Å². The summed E-state index contributed by atoms with van der Waals surface area (Å²) in [5, 5.41) is 6.91. The molecule has 9 heteroatoms. The van der Waals surface area contributed by atoms with Crippen LogP contribution in [0.1, 0.15) is 35.2 Å². The van der Waals surface area contributed by atoms with Gasteiger partial charge in [0.1, 0.15) is 12.1 Å². The molecule has 0 saturated carbocycles. The van der Waals surface area contributed by atoms with Crippen molar-refractivity contribution < 1.29 is 9.53 Å². The number of anilines is 2. The number of nitrogens with one attached hydrogen (secondary N) is 2. The molecule has 0 fully saturated rings. The fourth-order valence-electron chi connectivity index (χ4n) is 3.89. The third-order valence-corrected chi connectivity index (χ3v) is 5.72. The second-order valence-electron chi connectivity index (χ2n) is 7.91. The van der Waals surface area contributed by atoms with Crippen molar-refractivity contribution in [2.45, 2.75) is 19.3 Å². The van der Waals surface area contributed by atoms with Gasteiger partial charge in [0.05, 0.1) is 29.6 Å². The largest absolute Gasteiger partial charge is 0.480 e. The van der Waals surface area contributed by atoms with Gasteiger partial charge in [-0.15, -0.1) is 0 Å². The minimum atomic E-state index is -0.118. The first-order valence-corrected chi connectivity index (χ1v) is 11.0. The van der Waals surface area contributed by atoms with E-state index in [2.05, 4.69) is 43.6 Å². The molecule has 0 aliphatic heterocycles. The van der Waals surface area contributed by atoms with E-state index in [0.717, 1.165) is 28.5 Å². The number of aromatic nitrogens is 4. The maximum atomic E-state index is 12.2. The lowest BCUT2D eigenvalue weighted by atomic mass is 9.94. The Hall–Kier alpha value is -4.27. The summed E-state index contributed by atoms with van der Waals surface area (Å²) in [5.74, 6) is 1.20. The van der Waals surface area contributed by atoms with Gasteiger partial charge >= 0.3 is 0 Å². The lowest BCUT2D eigenvalue weighted by Crippen LogP contribution is -2.18. The molecular weight excluding hydrogens is 430 g/mol. The SMILES string of the molecule is CNC(=O)c1ccnc2c(C(C)CCNc3cc(-c4cnc(OC)c(N)c4)ncn3)cccc12. The van der Waals surface area contributed by atoms with Crippen molar-refractivity contribution in [1.82, 2.24) is 25.3 Å². The van der Waals surface area contributed by atoms with Crippen molar-refractivity contribution in [2.24, 2.45) is 0 Å². The number of para-hydroxylation sites is 1. The number of benzene rings is 1. The summed E-state index contributed by atoms with van der Waals surface area (Å²) in [6.45, 7) is 2.86. The zero-order chi connectivity index (χ0) is 24.1. The van der Waals surface area contributed by atoms with Crippen LogP contribution in [-0.2, 0) is 0 Å². The number of amides is 1. The number of hydrogen-bond donors (Lipinski definition) is 3. The Bertz CT molecular complexity index is 1330. The molecule has 1 atom stereocenters. The van der Waals surface area contributed by atoms with Crippen molar-refractivity contribution in [3.05, 3.63) is 66.2 Å². The summed E-state index contributed by atoms with van der Waals surface area (Å²) in [7, 11) is 3.16. The van der Waals surface area contributed by atoms with Crippen LogP contribution >= 0.6 is 0 Å². The number of nitrogen functional groups attached to an aromatic ring is 1. The number of methoxy groups -OCH3 is 1. The first kappa shape index (κ1) is 22.9. The van der Waals surface area contributed by atoms with Crippen LogP contribution < -0.4 is 21.1 Å². The van der Waals surface area contributed by atoms with Gasteiger partial charge in [-0.2, -0.15) is 0 Å². The van der Waals surface area contributed by atoms with Crippen LogP contribution in [0, 0.1) is 0 Å². The Balaban J connectivity index is 1.46. The molecule has 0 spiro atoms. The average molecular weight is 458 g/mol. The van der Waals surface area contributed by atoms with Crippen molar-refractivity contribution >= 4 is 28.3 Å². The van der Waals surface area contributed by atoms with E-state index in [4.69, 9.17) is 10.5 Å². The molecule has 34 heavy (non-hydrogen) atoms. The molecule has 4 rings (SSSR count). The van der Waals surface area contributed by atoms with E-state index in [9.17, 15) is 4.79 Å².